The van der Waals surface area contributed by atoms with Gasteiger partial charge in [0.1, 0.15) is 5.82 Å². The zero-order chi connectivity index (χ0) is 26.0. The number of pyridine rings is 1. The van der Waals surface area contributed by atoms with Gasteiger partial charge in [0, 0.05) is 35.5 Å². The number of aromatic nitrogens is 1. The molecule has 2 aliphatic carbocycles. The largest absolute Gasteiger partial charge is 0.383 e. The minimum atomic E-state index is -0.0717. The minimum absolute atomic E-state index is 0.0191. The molecule has 1 heterocycles. The Hall–Kier alpha value is -1.59. The van der Waals surface area contributed by atoms with Crippen LogP contribution in [-0.4, -0.2) is 30.3 Å². The zero-order valence-corrected chi connectivity index (χ0v) is 23.9. The highest BCUT2D eigenvalue weighted by Gasteiger charge is 2.38. The topological polar surface area (TPSA) is 77.4 Å². The Bertz CT molecular complexity index is 917. The van der Waals surface area contributed by atoms with Crippen molar-refractivity contribution in [3.8, 4) is 0 Å². The van der Waals surface area contributed by atoms with Gasteiger partial charge in [-0.2, -0.15) is 0 Å². The average Bonchev–Trinajstić information content (AvgIpc) is 2.77. The van der Waals surface area contributed by atoms with Gasteiger partial charge in [0.15, 0.2) is 0 Å². The van der Waals surface area contributed by atoms with Crippen molar-refractivity contribution in [3.63, 3.8) is 0 Å². The van der Waals surface area contributed by atoms with E-state index in [0.29, 0.717) is 24.2 Å². The van der Waals surface area contributed by atoms with E-state index >= 15 is 0 Å². The summed E-state index contributed by atoms with van der Waals surface area (Å²) >= 11 is 0. The number of fused-ring (bicyclic) bond motifs is 1. The van der Waals surface area contributed by atoms with Crippen molar-refractivity contribution in [2.24, 2.45) is 23.0 Å². The molecule has 198 valence electrons. The summed E-state index contributed by atoms with van der Waals surface area (Å²) in [5.74, 6) is 1.98. The Kier molecular flexibility index (Phi) is 8.96. The summed E-state index contributed by atoms with van der Waals surface area (Å²) in [6.45, 7) is 20.2. The van der Waals surface area contributed by atoms with Gasteiger partial charge in [-0.25, -0.2) is 4.98 Å². The molecule has 0 radical (unpaired) electrons. The lowest BCUT2D eigenvalue weighted by Crippen LogP contribution is -2.45. The molecule has 0 spiro atoms. The summed E-state index contributed by atoms with van der Waals surface area (Å²) in [5.41, 5.74) is 20.4. The maximum atomic E-state index is 6.70. The summed E-state index contributed by atoms with van der Waals surface area (Å²) in [4.78, 5) is 7.37. The molecule has 4 N–H and O–H groups in total. The lowest BCUT2D eigenvalue weighted by Gasteiger charge is -2.44. The summed E-state index contributed by atoms with van der Waals surface area (Å²) in [7, 11) is 0. The quantitative estimate of drug-likeness (QED) is 0.372. The lowest BCUT2D eigenvalue weighted by atomic mass is 9.74. The molecule has 0 saturated heterocycles. The maximum absolute atomic E-state index is 6.70. The van der Waals surface area contributed by atoms with E-state index in [1.165, 1.54) is 53.9 Å². The first kappa shape index (κ1) is 28.0. The number of anilines is 2. The third kappa shape index (κ3) is 6.05. The second-order valence-electron chi connectivity index (χ2n) is 12.3. The molecule has 0 aliphatic heterocycles. The van der Waals surface area contributed by atoms with Crippen molar-refractivity contribution in [3.05, 3.63) is 28.1 Å². The molecular formula is C30H52N4O. The molecular weight excluding hydrogens is 432 g/mol. The van der Waals surface area contributed by atoms with Crippen LogP contribution in [-0.2, 0) is 17.6 Å². The number of rotatable bonds is 11. The number of nitrogens with two attached hydrogens (primary N) is 2. The smallest absolute Gasteiger partial charge is 0.128 e. The normalized spacial score (nSPS) is 21.1. The first-order valence-electron chi connectivity index (χ1n) is 14.0. The van der Waals surface area contributed by atoms with E-state index in [4.69, 9.17) is 21.2 Å². The Morgan fingerprint density at radius 3 is 2.40 bits per heavy atom. The second kappa shape index (κ2) is 11.2. The number of hydrogen-bond donors (Lipinski definition) is 2. The molecule has 3 rings (SSSR count). The molecule has 0 bridgehead atoms. The summed E-state index contributed by atoms with van der Waals surface area (Å²) < 4.78 is 6.70. The summed E-state index contributed by atoms with van der Waals surface area (Å²) in [6, 6.07) is 0. The molecule has 2 unspecified atom stereocenters. The monoisotopic (exact) mass is 484 g/mol. The van der Waals surface area contributed by atoms with Gasteiger partial charge in [-0.1, -0.05) is 39.7 Å². The van der Waals surface area contributed by atoms with Crippen LogP contribution in [0.5, 0.6) is 0 Å². The fourth-order valence-electron chi connectivity index (χ4n) is 5.65. The van der Waals surface area contributed by atoms with Gasteiger partial charge in [0.05, 0.1) is 17.9 Å². The van der Waals surface area contributed by atoms with Gasteiger partial charge < -0.3 is 21.1 Å². The molecule has 1 aromatic heterocycles. The molecule has 35 heavy (non-hydrogen) atoms. The van der Waals surface area contributed by atoms with E-state index in [2.05, 4.69) is 60.3 Å². The van der Waals surface area contributed by atoms with Crippen molar-refractivity contribution >= 4 is 11.5 Å². The highest BCUT2D eigenvalue weighted by Crippen LogP contribution is 2.42. The SMILES string of the molecule is CC/C(C)=C(\CN)N(CC(C)(CC)COC(C)(C)C1CCC1)c1c(C)c(N)nc2c1CCC(C)C2. The number of nitrogens with zero attached hydrogens (tertiary/aromatic N) is 2. The Morgan fingerprint density at radius 1 is 1.17 bits per heavy atom. The molecule has 2 aliphatic rings. The number of hydrogen-bond acceptors (Lipinski definition) is 5. The van der Waals surface area contributed by atoms with Crippen LogP contribution in [0.1, 0.15) is 104 Å². The van der Waals surface area contributed by atoms with Gasteiger partial charge in [-0.05, 0) is 90.0 Å². The molecule has 0 amide bonds. The van der Waals surface area contributed by atoms with E-state index in [1.807, 2.05) is 0 Å². The third-order valence-corrected chi connectivity index (χ3v) is 9.14. The van der Waals surface area contributed by atoms with Crippen LogP contribution in [0.25, 0.3) is 0 Å². The number of ether oxygens (including phenoxy) is 1. The predicted octanol–water partition coefficient (Wildman–Crippen LogP) is 6.56. The fraction of sp³-hybridized carbons (Fsp3) is 0.767. The van der Waals surface area contributed by atoms with E-state index in [9.17, 15) is 0 Å². The lowest BCUT2D eigenvalue weighted by molar-refractivity contribution is -0.109. The van der Waals surface area contributed by atoms with Crippen LogP contribution in [0.2, 0.25) is 0 Å². The molecule has 0 aromatic carbocycles. The number of nitrogen functional groups attached to an aromatic ring is 1. The van der Waals surface area contributed by atoms with Crippen LogP contribution in [0.4, 0.5) is 11.5 Å². The number of allylic oxidation sites excluding steroid dienone is 1. The standard InChI is InChI=1S/C30H52N4O/c1-9-21(4)26(17-31)34(18-30(8,10-2)19-35-29(6,7)23-12-11-13-23)27-22(5)28(32)33-25-16-20(3)14-15-24(25)27/h20,23H,9-19,31H2,1-8H3,(H2,32,33)/b26-21+. The van der Waals surface area contributed by atoms with Gasteiger partial charge in [-0.3, -0.25) is 0 Å². The van der Waals surface area contributed by atoms with Crippen LogP contribution < -0.4 is 16.4 Å². The third-order valence-electron chi connectivity index (χ3n) is 9.14. The van der Waals surface area contributed by atoms with Crippen LogP contribution in [0, 0.1) is 24.2 Å². The Labute approximate surface area is 215 Å². The Morgan fingerprint density at radius 2 is 1.86 bits per heavy atom. The van der Waals surface area contributed by atoms with Crippen molar-refractivity contribution in [1.29, 1.82) is 0 Å². The van der Waals surface area contributed by atoms with Crippen LogP contribution >= 0.6 is 0 Å². The van der Waals surface area contributed by atoms with Gasteiger partial charge in [0.2, 0.25) is 0 Å². The first-order chi connectivity index (χ1) is 16.5. The minimum Gasteiger partial charge on any atom is -0.383 e. The summed E-state index contributed by atoms with van der Waals surface area (Å²) in [6.07, 6.45) is 9.17. The van der Waals surface area contributed by atoms with Gasteiger partial charge >= 0.3 is 0 Å². The Balaban J connectivity index is 2.04. The van der Waals surface area contributed by atoms with E-state index in [1.54, 1.807) is 0 Å². The molecule has 1 aromatic rings. The van der Waals surface area contributed by atoms with E-state index in [-0.39, 0.29) is 11.0 Å². The highest BCUT2D eigenvalue weighted by molar-refractivity contribution is 5.70. The van der Waals surface area contributed by atoms with Crippen LogP contribution in [0.15, 0.2) is 11.3 Å². The molecule has 1 fully saturated rings. The maximum Gasteiger partial charge on any atom is 0.128 e. The zero-order valence-electron chi connectivity index (χ0n) is 23.9. The average molecular weight is 485 g/mol. The summed E-state index contributed by atoms with van der Waals surface area (Å²) in [5, 5.41) is 0. The van der Waals surface area contributed by atoms with Crippen molar-refractivity contribution in [1.82, 2.24) is 4.98 Å². The predicted molar refractivity (Wildman–Crippen MR) is 150 cm³/mol. The van der Waals surface area contributed by atoms with Crippen molar-refractivity contribution in [2.75, 3.05) is 30.3 Å². The highest BCUT2D eigenvalue weighted by atomic mass is 16.5. The van der Waals surface area contributed by atoms with E-state index in [0.717, 1.165) is 44.4 Å². The van der Waals surface area contributed by atoms with Crippen LogP contribution in [0.3, 0.4) is 0 Å². The van der Waals surface area contributed by atoms with Crippen molar-refractivity contribution < 1.29 is 4.74 Å². The van der Waals surface area contributed by atoms with E-state index < -0.39 is 0 Å². The fourth-order valence-corrected chi connectivity index (χ4v) is 5.65. The van der Waals surface area contributed by atoms with Gasteiger partial charge in [-0.15, -0.1) is 0 Å². The van der Waals surface area contributed by atoms with Crippen molar-refractivity contribution in [2.45, 2.75) is 112 Å². The molecule has 5 heteroatoms. The molecule has 5 nitrogen and oxygen atoms in total. The molecule has 2 atom stereocenters. The van der Waals surface area contributed by atoms with Gasteiger partial charge in [0.25, 0.3) is 0 Å². The second-order valence-corrected chi connectivity index (χ2v) is 12.3. The first-order valence-corrected chi connectivity index (χ1v) is 14.0. The molecule has 1 saturated carbocycles.